The average molecular weight is 497 g/mol. The molecule has 1 atom stereocenters. The number of rotatable bonds is 11. The quantitative estimate of drug-likeness (QED) is 0.289. The molecule has 1 unspecified atom stereocenters. The Hall–Kier alpha value is -3.52. The number of nitrogens with zero attached hydrogens (tertiary/aromatic N) is 1. The molecular formula is C28H36N2O6. The van der Waals surface area contributed by atoms with E-state index >= 15 is 0 Å². The number of Topliss-reactive ketones (excluding diaryl/α,β-unsaturated/α-hetero) is 1. The smallest absolute Gasteiger partial charge is 0.295 e. The van der Waals surface area contributed by atoms with Crippen molar-refractivity contribution in [2.75, 3.05) is 40.4 Å². The molecule has 0 bridgehead atoms. The number of hydrogen-bond donors (Lipinski definition) is 1. The van der Waals surface area contributed by atoms with Crippen LogP contribution in [-0.2, 0) is 9.59 Å². The van der Waals surface area contributed by atoms with Crippen LogP contribution < -0.4 is 24.2 Å². The minimum Gasteiger partial charge on any atom is -0.872 e. The number of carbonyl (C=O) groups excluding carboxylic acids is 2. The van der Waals surface area contributed by atoms with Gasteiger partial charge >= 0.3 is 0 Å². The van der Waals surface area contributed by atoms with Crippen molar-refractivity contribution in [1.29, 1.82) is 0 Å². The molecule has 0 radical (unpaired) electrons. The average Bonchev–Trinajstić information content (AvgIpc) is 3.13. The van der Waals surface area contributed by atoms with Crippen molar-refractivity contribution in [3.8, 4) is 17.2 Å². The van der Waals surface area contributed by atoms with Gasteiger partial charge in [0.25, 0.3) is 5.91 Å². The first-order valence-corrected chi connectivity index (χ1v) is 12.3. The highest BCUT2D eigenvalue weighted by molar-refractivity contribution is 6.46. The normalized spacial score (nSPS) is 17.2. The molecule has 3 rings (SSSR count). The number of ketones is 1. The maximum atomic E-state index is 13.7. The van der Waals surface area contributed by atoms with Crippen LogP contribution in [0.1, 0.15) is 44.9 Å². The molecule has 36 heavy (non-hydrogen) atoms. The molecule has 1 amide bonds. The van der Waals surface area contributed by atoms with Gasteiger partial charge in [0.05, 0.1) is 52.5 Å². The van der Waals surface area contributed by atoms with Gasteiger partial charge < -0.3 is 29.1 Å². The molecule has 8 heteroatoms. The van der Waals surface area contributed by atoms with E-state index < -0.39 is 23.5 Å². The van der Waals surface area contributed by atoms with Crippen LogP contribution in [0.5, 0.6) is 17.2 Å². The van der Waals surface area contributed by atoms with Crippen LogP contribution >= 0.6 is 0 Å². The summed E-state index contributed by atoms with van der Waals surface area (Å²) in [4.78, 5) is 29.3. The van der Waals surface area contributed by atoms with Crippen molar-refractivity contribution < 1.29 is 33.8 Å². The molecule has 194 valence electrons. The third-order valence-corrected chi connectivity index (χ3v) is 6.46. The lowest BCUT2D eigenvalue weighted by Gasteiger charge is -2.29. The second-order valence-electron chi connectivity index (χ2n) is 8.98. The monoisotopic (exact) mass is 496 g/mol. The van der Waals surface area contributed by atoms with E-state index in [1.165, 1.54) is 24.0 Å². The van der Waals surface area contributed by atoms with Gasteiger partial charge in [-0.05, 0) is 63.6 Å². The fraction of sp³-hybridized carbons (Fsp3) is 0.429. The lowest BCUT2D eigenvalue weighted by Crippen LogP contribution is -3.12. The maximum Gasteiger partial charge on any atom is 0.295 e. The number of benzene rings is 2. The lowest BCUT2D eigenvalue weighted by atomic mass is 9.94. The second-order valence-corrected chi connectivity index (χ2v) is 8.98. The van der Waals surface area contributed by atoms with Gasteiger partial charge in [0.15, 0.2) is 0 Å². The summed E-state index contributed by atoms with van der Waals surface area (Å²) in [6.07, 6.45) is -0.0126. The maximum absolute atomic E-state index is 13.7. The molecule has 0 spiro atoms. The topological polar surface area (TPSA) is 92.6 Å². The zero-order valence-electron chi connectivity index (χ0n) is 21.9. The number of methoxy groups -OCH3 is 2. The van der Waals surface area contributed by atoms with Crippen molar-refractivity contribution >= 4 is 17.4 Å². The number of nitrogens with one attached hydrogen (secondary N) is 1. The zero-order valence-corrected chi connectivity index (χ0v) is 21.9. The molecule has 1 saturated heterocycles. The molecule has 1 fully saturated rings. The Bertz CT molecular complexity index is 1110. The van der Waals surface area contributed by atoms with Crippen molar-refractivity contribution in [2.45, 2.75) is 39.8 Å². The van der Waals surface area contributed by atoms with E-state index in [1.54, 1.807) is 42.5 Å². The predicted molar refractivity (Wildman–Crippen MR) is 135 cm³/mol. The summed E-state index contributed by atoms with van der Waals surface area (Å²) in [5, 5.41) is 13.7. The van der Waals surface area contributed by atoms with E-state index in [2.05, 4.69) is 13.8 Å². The number of carbonyl (C=O) groups is 2. The highest BCUT2D eigenvalue weighted by atomic mass is 16.5. The summed E-state index contributed by atoms with van der Waals surface area (Å²) in [5.74, 6) is -0.331. The third-order valence-electron chi connectivity index (χ3n) is 6.46. The number of likely N-dealkylation sites (N-methyl/N-ethyl adjacent to an activating group) is 1. The van der Waals surface area contributed by atoms with E-state index in [0.29, 0.717) is 41.5 Å². The van der Waals surface area contributed by atoms with Gasteiger partial charge in [-0.2, -0.15) is 0 Å². The van der Waals surface area contributed by atoms with Crippen molar-refractivity contribution in [3.05, 3.63) is 59.2 Å². The van der Waals surface area contributed by atoms with Crippen LogP contribution in [0.25, 0.3) is 5.76 Å². The molecule has 0 aromatic heterocycles. The van der Waals surface area contributed by atoms with Crippen molar-refractivity contribution in [1.82, 2.24) is 4.90 Å². The van der Waals surface area contributed by atoms with E-state index in [0.717, 1.165) is 13.1 Å². The number of hydrogen-bond acceptors (Lipinski definition) is 6. The summed E-state index contributed by atoms with van der Waals surface area (Å²) in [5.41, 5.74) is 0.762. The van der Waals surface area contributed by atoms with Gasteiger partial charge in [-0.25, -0.2) is 0 Å². The van der Waals surface area contributed by atoms with Gasteiger partial charge in [0.1, 0.15) is 17.2 Å². The highest BCUT2D eigenvalue weighted by Gasteiger charge is 2.45. The van der Waals surface area contributed by atoms with Gasteiger partial charge in [-0.15, -0.1) is 0 Å². The standard InChI is InChI=1S/C28H36N2O6/c1-7-29(8-2)15-16-30-25(22-17-21(34-5)13-14-23(22)35-6)24(27(32)28(30)33)26(31)19-9-11-20(12-10-19)36-18(3)4/h9-14,17-18,25,31H,7-8,15-16H2,1-6H3. The fourth-order valence-corrected chi connectivity index (χ4v) is 4.47. The Morgan fingerprint density at radius 2 is 1.64 bits per heavy atom. The SMILES string of the molecule is CC[NH+](CC)CCN1C(=O)C(=O)C(=C([O-])c2ccc(OC(C)C)cc2)C1c1cc(OC)ccc1OC. The Morgan fingerprint density at radius 1 is 1.00 bits per heavy atom. The highest BCUT2D eigenvalue weighted by Crippen LogP contribution is 2.43. The van der Waals surface area contributed by atoms with E-state index in [9.17, 15) is 14.7 Å². The van der Waals surface area contributed by atoms with Crippen LogP contribution in [0, 0.1) is 0 Å². The molecule has 0 saturated carbocycles. The van der Waals surface area contributed by atoms with Crippen LogP contribution in [-0.4, -0.2) is 63.1 Å². The molecule has 2 aromatic rings. The molecule has 1 aliphatic heterocycles. The lowest BCUT2D eigenvalue weighted by molar-refractivity contribution is -0.895. The molecule has 1 N–H and O–H groups in total. The largest absolute Gasteiger partial charge is 0.872 e. The van der Waals surface area contributed by atoms with Crippen LogP contribution in [0.2, 0.25) is 0 Å². The van der Waals surface area contributed by atoms with Gasteiger partial charge in [0.2, 0.25) is 5.78 Å². The second kappa shape index (κ2) is 11.9. The Kier molecular flexibility index (Phi) is 8.98. The molecule has 1 heterocycles. The third kappa shape index (κ3) is 5.65. The Balaban J connectivity index is 2.15. The summed E-state index contributed by atoms with van der Waals surface area (Å²) in [6, 6.07) is 10.9. The molecule has 1 aliphatic rings. The van der Waals surface area contributed by atoms with E-state index in [4.69, 9.17) is 14.2 Å². The zero-order chi connectivity index (χ0) is 26.4. The number of amides is 1. The summed E-state index contributed by atoms with van der Waals surface area (Å²) in [7, 11) is 3.05. The van der Waals surface area contributed by atoms with Gasteiger partial charge in [-0.3, -0.25) is 9.59 Å². The molecule has 0 aliphatic carbocycles. The van der Waals surface area contributed by atoms with Crippen molar-refractivity contribution in [3.63, 3.8) is 0 Å². The Morgan fingerprint density at radius 3 is 2.19 bits per heavy atom. The molecule has 2 aromatic carbocycles. The fourth-order valence-electron chi connectivity index (χ4n) is 4.47. The summed E-state index contributed by atoms with van der Waals surface area (Å²) in [6.45, 7) is 10.7. The number of likely N-dealkylation sites (tertiary alicyclic amines) is 1. The number of quaternary nitrogens is 1. The van der Waals surface area contributed by atoms with Gasteiger partial charge in [0, 0.05) is 11.1 Å². The van der Waals surface area contributed by atoms with Crippen LogP contribution in [0.3, 0.4) is 0 Å². The first-order valence-electron chi connectivity index (χ1n) is 12.3. The number of ether oxygens (including phenoxy) is 3. The van der Waals surface area contributed by atoms with Crippen LogP contribution in [0.4, 0.5) is 0 Å². The first-order chi connectivity index (χ1) is 17.2. The Labute approximate surface area is 213 Å². The molecule has 8 nitrogen and oxygen atoms in total. The molecular weight excluding hydrogens is 460 g/mol. The first kappa shape index (κ1) is 27.1. The van der Waals surface area contributed by atoms with E-state index in [1.807, 2.05) is 13.8 Å². The summed E-state index contributed by atoms with van der Waals surface area (Å²) >= 11 is 0. The predicted octanol–water partition coefficient (Wildman–Crippen LogP) is 1.64. The van der Waals surface area contributed by atoms with Crippen LogP contribution in [0.15, 0.2) is 48.0 Å². The minimum atomic E-state index is -0.885. The van der Waals surface area contributed by atoms with Crippen molar-refractivity contribution in [2.24, 2.45) is 0 Å². The van der Waals surface area contributed by atoms with E-state index in [-0.39, 0.29) is 11.7 Å². The van der Waals surface area contributed by atoms with Gasteiger partial charge in [-0.1, -0.05) is 17.9 Å². The minimum absolute atomic E-state index is 0.0126. The summed E-state index contributed by atoms with van der Waals surface area (Å²) < 4.78 is 16.7.